The van der Waals surface area contributed by atoms with Crippen molar-refractivity contribution in [1.82, 2.24) is 30.2 Å². The summed E-state index contributed by atoms with van der Waals surface area (Å²) in [7, 11) is 4.01. The highest BCUT2D eigenvalue weighted by atomic mass is 16.5. The van der Waals surface area contributed by atoms with E-state index in [1.54, 1.807) is 4.68 Å². The van der Waals surface area contributed by atoms with Gasteiger partial charge in [-0.05, 0) is 26.3 Å². The van der Waals surface area contributed by atoms with Crippen molar-refractivity contribution in [3.8, 4) is 0 Å². The molecule has 0 spiro atoms. The van der Waals surface area contributed by atoms with E-state index in [0.29, 0.717) is 19.2 Å². The Bertz CT molecular complexity index is 631. The van der Waals surface area contributed by atoms with Gasteiger partial charge in [0.15, 0.2) is 0 Å². The first-order valence-corrected chi connectivity index (χ1v) is 9.69. The Morgan fingerprint density at radius 3 is 2.69 bits per heavy atom. The summed E-state index contributed by atoms with van der Waals surface area (Å²) in [5.41, 5.74) is 1.12. The van der Waals surface area contributed by atoms with Crippen LogP contribution in [0.5, 0.6) is 0 Å². The summed E-state index contributed by atoms with van der Waals surface area (Å²) in [6.07, 6.45) is 7.67. The van der Waals surface area contributed by atoms with Crippen LogP contribution in [0.2, 0.25) is 0 Å². The lowest BCUT2D eigenvalue weighted by Crippen LogP contribution is -2.56. The summed E-state index contributed by atoms with van der Waals surface area (Å²) in [5, 5.41) is 10.3. The Labute approximate surface area is 154 Å². The average Bonchev–Trinajstić information content (AvgIpc) is 3.32. The van der Waals surface area contributed by atoms with E-state index in [-0.39, 0.29) is 18.2 Å². The van der Waals surface area contributed by atoms with E-state index in [1.165, 1.54) is 25.8 Å². The molecule has 3 atom stereocenters. The second-order valence-corrected chi connectivity index (χ2v) is 7.78. The molecule has 1 unspecified atom stereocenters. The van der Waals surface area contributed by atoms with Crippen LogP contribution in [0.4, 0.5) is 4.79 Å². The van der Waals surface area contributed by atoms with E-state index in [4.69, 9.17) is 4.74 Å². The molecule has 2 amide bonds. The van der Waals surface area contributed by atoms with E-state index >= 15 is 0 Å². The molecule has 2 N–H and O–H groups in total. The van der Waals surface area contributed by atoms with Crippen molar-refractivity contribution in [2.24, 2.45) is 7.05 Å². The van der Waals surface area contributed by atoms with Gasteiger partial charge in [0.25, 0.3) is 0 Å². The van der Waals surface area contributed by atoms with Crippen LogP contribution < -0.4 is 10.6 Å². The highest BCUT2D eigenvalue weighted by molar-refractivity contribution is 5.73. The van der Waals surface area contributed by atoms with Gasteiger partial charge in [0.2, 0.25) is 0 Å². The van der Waals surface area contributed by atoms with E-state index in [0.717, 1.165) is 24.7 Å². The van der Waals surface area contributed by atoms with Gasteiger partial charge < -0.3 is 15.4 Å². The molecule has 8 heteroatoms. The molecular weight excluding hydrogens is 332 g/mol. The number of urea groups is 1. The Morgan fingerprint density at radius 2 is 2.04 bits per heavy atom. The molecule has 1 aliphatic carbocycles. The number of aryl methyl sites for hydroxylation is 1. The molecule has 2 aliphatic heterocycles. The first kappa shape index (κ1) is 17.8. The molecule has 1 aromatic heterocycles. The van der Waals surface area contributed by atoms with Crippen LogP contribution in [-0.2, 0) is 11.8 Å². The van der Waals surface area contributed by atoms with Gasteiger partial charge in [-0.3, -0.25) is 14.5 Å². The zero-order valence-electron chi connectivity index (χ0n) is 15.7. The highest BCUT2D eigenvalue weighted by Gasteiger charge is 2.39. The van der Waals surface area contributed by atoms with Gasteiger partial charge in [-0.1, -0.05) is 0 Å². The fraction of sp³-hybridized carbons (Fsp3) is 0.778. The van der Waals surface area contributed by atoms with Gasteiger partial charge in [-0.25, -0.2) is 4.79 Å². The Kier molecular flexibility index (Phi) is 5.15. The lowest BCUT2D eigenvalue weighted by Gasteiger charge is -2.41. The molecular formula is C18H30N6O2. The minimum absolute atomic E-state index is 0.0737. The minimum Gasteiger partial charge on any atom is -0.373 e. The molecule has 1 aromatic rings. The predicted octanol–water partition coefficient (Wildman–Crippen LogP) is 0.328. The van der Waals surface area contributed by atoms with Crippen molar-refractivity contribution in [3.05, 3.63) is 18.0 Å². The number of aromatic nitrogens is 2. The van der Waals surface area contributed by atoms with Crippen molar-refractivity contribution in [2.75, 3.05) is 39.8 Å². The number of morpholine rings is 1. The number of carbonyl (C=O) groups excluding carboxylic acids is 1. The van der Waals surface area contributed by atoms with E-state index in [1.807, 2.05) is 19.4 Å². The summed E-state index contributed by atoms with van der Waals surface area (Å²) in [6.45, 7) is 3.97. The van der Waals surface area contributed by atoms with Crippen LogP contribution in [0, 0.1) is 0 Å². The van der Waals surface area contributed by atoms with E-state index in [9.17, 15) is 4.79 Å². The molecule has 26 heavy (non-hydrogen) atoms. The molecule has 3 heterocycles. The molecule has 3 aliphatic rings. The topological polar surface area (TPSA) is 74.7 Å². The Morgan fingerprint density at radius 1 is 1.23 bits per heavy atom. The number of rotatable bonds is 6. The Hall–Kier alpha value is -1.64. The average molecular weight is 362 g/mol. The molecule has 0 bridgehead atoms. The fourth-order valence-electron chi connectivity index (χ4n) is 4.13. The molecule has 0 radical (unpaired) electrons. The van der Waals surface area contributed by atoms with Crippen LogP contribution in [0.3, 0.4) is 0 Å². The van der Waals surface area contributed by atoms with Crippen LogP contribution in [0.1, 0.15) is 30.9 Å². The van der Waals surface area contributed by atoms with Crippen LogP contribution in [0.15, 0.2) is 12.4 Å². The zero-order chi connectivity index (χ0) is 18.1. The summed E-state index contributed by atoms with van der Waals surface area (Å²) in [6, 6.07) is 1.31. The number of likely N-dealkylation sites (N-methyl/N-ethyl adjacent to an activating group) is 1. The van der Waals surface area contributed by atoms with E-state index in [2.05, 4.69) is 32.6 Å². The maximum Gasteiger partial charge on any atom is 0.314 e. The lowest BCUT2D eigenvalue weighted by molar-refractivity contribution is -0.0602. The normalized spacial score (nSPS) is 30.0. The van der Waals surface area contributed by atoms with Crippen molar-refractivity contribution < 1.29 is 9.53 Å². The van der Waals surface area contributed by atoms with Gasteiger partial charge in [-0.2, -0.15) is 5.10 Å². The van der Waals surface area contributed by atoms with Crippen molar-refractivity contribution in [2.45, 2.75) is 43.5 Å². The molecule has 8 nitrogen and oxygen atoms in total. The third kappa shape index (κ3) is 3.87. The van der Waals surface area contributed by atoms with Gasteiger partial charge >= 0.3 is 6.03 Å². The van der Waals surface area contributed by atoms with E-state index < -0.39 is 0 Å². The summed E-state index contributed by atoms with van der Waals surface area (Å²) in [5.74, 6) is 0. The van der Waals surface area contributed by atoms with Gasteiger partial charge in [0, 0.05) is 57.1 Å². The van der Waals surface area contributed by atoms with Crippen LogP contribution >= 0.6 is 0 Å². The number of nitrogens with one attached hydrogen (secondary N) is 2. The zero-order valence-corrected chi connectivity index (χ0v) is 15.7. The smallest absolute Gasteiger partial charge is 0.314 e. The van der Waals surface area contributed by atoms with Gasteiger partial charge in [-0.15, -0.1) is 0 Å². The number of nitrogens with zero attached hydrogens (tertiary/aromatic N) is 4. The van der Waals surface area contributed by atoms with Crippen LogP contribution in [0.25, 0.3) is 0 Å². The van der Waals surface area contributed by atoms with Gasteiger partial charge in [0.05, 0.1) is 24.9 Å². The Balaban J connectivity index is 1.26. The SMILES string of the molecule is CN1CCO[C@@H](CNC(=O)NCC2CCN2C2CC2)[C@@H]1c1cnn(C)c1. The number of likely N-dealkylation sites (tertiary alicyclic amines) is 1. The van der Waals surface area contributed by atoms with Crippen molar-refractivity contribution in [3.63, 3.8) is 0 Å². The first-order valence-electron chi connectivity index (χ1n) is 9.69. The van der Waals surface area contributed by atoms with Crippen LogP contribution in [-0.4, -0.2) is 83.6 Å². The second-order valence-electron chi connectivity index (χ2n) is 7.78. The molecule has 2 saturated heterocycles. The summed E-state index contributed by atoms with van der Waals surface area (Å²) >= 11 is 0. The first-order chi connectivity index (χ1) is 12.6. The standard InChI is InChI=1S/C18H30N6O2/c1-22-7-8-26-16(17(22)13-9-21-23(2)12-13)11-20-18(25)19-10-15-5-6-24(15)14-3-4-14/h9,12,14-17H,3-8,10-11H2,1-2H3,(H2,19,20,25)/t15?,16-,17-/m0/s1. The largest absolute Gasteiger partial charge is 0.373 e. The fourth-order valence-corrected chi connectivity index (χ4v) is 4.13. The summed E-state index contributed by atoms with van der Waals surface area (Å²) in [4.78, 5) is 17.0. The quantitative estimate of drug-likeness (QED) is 0.763. The third-order valence-electron chi connectivity index (χ3n) is 5.84. The minimum atomic E-state index is -0.102. The highest BCUT2D eigenvalue weighted by Crippen LogP contribution is 2.34. The number of hydrogen-bond donors (Lipinski definition) is 2. The molecule has 144 valence electrons. The molecule has 1 saturated carbocycles. The third-order valence-corrected chi connectivity index (χ3v) is 5.84. The number of carbonyl (C=O) groups is 1. The van der Waals surface area contributed by atoms with Crippen molar-refractivity contribution >= 4 is 6.03 Å². The molecule has 4 rings (SSSR count). The number of ether oxygens (including phenoxy) is 1. The predicted molar refractivity (Wildman–Crippen MR) is 97.9 cm³/mol. The maximum atomic E-state index is 12.2. The molecule has 3 fully saturated rings. The van der Waals surface area contributed by atoms with Crippen molar-refractivity contribution in [1.29, 1.82) is 0 Å². The number of hydrogen-bond acceptors (Lipinski definition) is 5. The lowest BCUT2D eigenvalue weighted by atomic mass is 10.0. The maximum absolute atomic E-state index is 12.2. The number of amides is 2. The monoisotopic (exact) mass is 362 g/mol. The summed E-state index contributed by atoms with van der Waals surface area (Å²) < 4.78 is 7.77. The van der Waals surface area contributed by atoms with Gasteiger partial charge in [0.1, 0.15) is 0 Å². The second kappa shape index (κ2) is 7.54. The molecule has 0 aromatic carbocycles.